The zero-order chi connectivity index (χ0) is 20.1. The topological polar surface area (TPSA) is 41.6 Å². The van der Waals surface area contributed by atoms with E-state index in [9.17, 15) is 4.79 Å². The predicted molar refractivity (Wildman–Crippen MR) is 120 cm³/mol. The molecule has 1 aliphatic rings. The minimum absolute atomic E-state index is 0.213. The molecule has 5 heteroatoms. The standard InChI is InChI=1S/C24H22N2O2S/c27-23(25-24(29)26-16-14-19-8-4-5-9-22(19)26)20-10-12-21(13-11-20)28-17-15-18-6-2-1-3-7-18/h1-13H,14-17H2,(H,25,27,29). The summed E-state index contributed by atoms with van der Waals surface area (Å²) in [5.74, 6) is 0.531. The molecule has 4 nitrogen and oxygen atoms in total. The van der Waals surface area contributed by atoms with E-state index >= 15 is 0 Å². The van der Waals surface area contributed by atoms with Crippen LogP contribution in [0.4, 0.5) is 5.69 Å². The van der Waals surface area contributed by atoms with E-state index in [2.05, 4.69) is 23.5 Å². The van der Waals surface area contributed by atoms with E-state index in [1.807, 2.05) is 53.4 Å². The van der Waals surface area contributed by atoms with Gasteiger partial charge in [-0.3, -0.25) is 10.1 Å². The Morgan fingerprint density at radius 1 is 0.966 bits per heavy atom. The van der Waals surface area contributed by atoms with Crippen LogP contribution in [0, 0.1) is 0 Å². The number of benzene rings is 3. The lowest BCUT2D eigenvalue weighted by atomic mass is 10.2. The maximum atomic E-state index is 12.6. The van der Waals surface area contributed by atoms with Gasteiger partial charge in [0.25, 0.3) is 5.91 Å². The first-order chi connectivity index (χ1) is 14.2. The Kier molecular flexibility index (Phi) is 5.86. The molecule has 0 spiro atoms. The Bertz CT molecular complexity index is 1000. The number of ether oxygens (including phenoxy) is 1. The molecule has 0 aromatic heterocycles. The molecule has 0 atom stereocenters. The fourth-order valence-electron chi connectivity index (χ4n) is 3.42. The van der Waals surface area contributed by atoms with Crippen LogP contribution < -0.4 is 15.0 Å². The van der Waals surface area contributed by atoms with Crippen molar-refractivity contribution in [2.45, 2.75) is 12.8 Å². The van der Waals surface area contributed by atoms with Crippen LogP contribution in [0.2, 0.25) is 0 Å². The first-order valence-corrected chi connectivity index (χ1v) is 10.1. The summed E-state index contributed by atoms with van der Waals surface area (Å²) in [4.78, 5) is 14.5. The SMILES string of the molecule is O=C(NC(=S)N1CCc2ccccc21)c1ccc(OCCc2ccccc2)cc1. The summed E-state index contributed by atoms with van der Waals surface area (Å²) in [6, 6.07) is 25.5. The van der Waals surface area contributed by atoms with Crippen LogP contribution in [0.25, 0.3) is 0 Å². The van der Waals surface area contributed by atoms with Crippen LogP contribution in [0.5, 0.6) is 5.75 Å². The largest absolute Gasteiger partial charge is 0.493 e. The summed E-state index contributed by atoms with van der Waals surface area (Å²) in [6.07, 6.45) is 1.77. The molecule has 3 aromatic rings. The molecule has 0 fully saturated rings. The quantitative estimate of drug-likeness (QED) is 0.643. The molecule has 0 bridgehead atoms. The van der Waals surface area contributed by atoms with Crippen LogP contribution >= 0.6 is 12.2 Å². The minimum Gasteiger partial charge on any atom is -0.493 e. The maximum Gasteiger partial charge on any atom is 0.257 e. The normalized spacial score (nSPS) is 12.3. The van der Waals surface area contributed by atoms with E-state index in [-0.39, 0.29) is 5.91 Å². The van der Waals surface area contributed by atoms with E-state index in [4.69, 9.17) is 17.0 Å². The number of fused-ring (bicyclic) bond motifs is 1. The zero-order valence-electron chi connectivity index (χ0n) is 16.0. The second kappa shape index (κ2) is 8.88. The molecule has 1 N–H and O–H groups in total. The maximum absolute atomic E-state index is 12.6. The molecule has 0 saturated heterocycles. The van der Waals surface area contributed by atoms with E-state index in [1.54, 1.807) is 12.1 Å². The van der Waals surface area contributed by atoms with E-state index in [1.165, 1.54) is 11.1 Å². The molecular weight excluding hydrogens is 380 g/mol. The van der Waals surface area contributed by atoms with E-state index in [0.717, 1.165) is 30.8 Å². The summed E-state index contributed by atoms with van der Waals surface area (Å²) in [6.45, 7) is 1.38. The van der Waals surface area contributed by atoms with E-state index in [0.29, 0.717) is 17.3 Å². The minimum atomic E-state index is -0.213. The number of hydrogen-bond donors (Lipinski definition) is 1. The van der Waals surface area contributed by atoms with Gasteiger partial charge in [-0.15, -0.1) is 0 Å². The van der Waals surface area contributed by atoms with Gasteiger partial charge >= 0.3 is 0 Å². The Hall–Kier alpha value is -3.18. The highest BCUT2D eigenvalue weighted by atomic mass is 32.1. The van der Waals surface area contributed by atoms with Crippen LogP contribution in [0.15, 0.2) is 78.9 Å². The van der Waals surface area contributed by atoms with Crippen LogP contribution in [0.3, 0.4) is 0 Å². The highest BCUT2D eigenvalue weighted by Gasteiger charge is 2.23. The van der Waals surface area contributed by atoms with Crippen molar-refractivity contribution < 1.29 is 9.53 Å². The average Bonchev–Trinajstić information content (AvgIpc) is 3.19. The number of carbonyl (C=O) groups excluding carboxylic acids is 1. The summed E-state index contributed by atoms with van der Waals surface area (Å²) in [5.41, 5.74) is 4.11. The van der Waals surface area contributed by atoms with Gasteiger partial charge in [0.1, 0.15) is 5.75 Å². The van der Waals surface area contributed by atoms with Gasteiger partial charge in [-0.1, -0.05) is 48.5 Å². The molecule has 3 aromatic carbocycles. The third-order valence-corrected chi connectivity index (χ3v) is 5.29. The Labute approximate surface area is 176 Å². The van der Waals surface area contributed by atoms with Gasteiger partial charge in [-0.25, -0.2) is 0 Å². The van der Waals surface area contributed by atoms with Gasteiger partial charge in [-0.2, -0.15) is 0 Å². The number of anilines is 1. The molecule has 0 unspecified atom stereocenters. The summed E-state index contributed by atoms with van der Waals surface area (Å²) in [7, 11) is 0. The highest BCUT2D eigenvalue weighted by molar-refractivity contribution is 7.80. The first kappa shape index (κ1) is 19.2. The summed E-state index contributed by atoms with van der Waals surface area (Å²) >= 11 is 5.47. The van der Waals surface area contributed by atoms with Crippen LogP contribution in [0.1, 0.15) is 21.5 Å². The van der Waals surface area contributed by atoms with Gasteiger partial charge in [0, 0.05) is 24.2 Å². The number of nitrogens with one attached hydrogen (secondary N) is 1. The third kappa shape index (κ3) is 4.63. The molecule has 0 saturated carbocycles. The lowest BCUT2D eigenvalue weighted by molar-refractivity contribution is 0.0977. The second-order valence-electron chi connectivity index (χ2n) is 6.90. The van der Waals surface area contributed by atoms with Gasteiger partial charge in [0.15, 0.2) is 5.11 Å². The highest BCUT2D eigenvalue weighted by Crippen LogP contribution is 2.27. The zero-order valence-corrected chi connectivity index (χ0v) is 16.8. The monoisotopic (exact) mass is 402 g/mol. The van der Waals surface area contributed by atoms with Crippen molar-refractivity contribution in [2.24, 2.45) is 0 Å². The Morgan fingerprint density at radius 2 is 1.69 bits per heavy atom. The average molecular weight is 403 g/mol. The molecule has 1 heterocycles. The van der Waals surface area contributed by atoms with Crippen molar-refractivity contribution in [1.29, 1.82) is 0 Å². The van der Waals surface area contributed by atoms with Crippen molar-refractivity contribution in [1.82, 2.24) is 5.32 Å². The summed E-state index contributed by atoms with van der Waals surface area (Å²) < 4.78 is 5.78. The van der Waals surface area contributed by atoms with Crippen molar-refractivity contribution >= 4 is 28.9 Å². The molecule has 0 aliphatic carbocycles. The fraction of sp³-hybridized carbons (Fsp3) is 0.167. The molecule has 4 rings (SSSR count). The molecule has 146 valence electrons. The fourth-order valence-corrected chi connectivity index (χ4v) is 3.70. The number of carbonyl (C=O) groups is 1. The van der Waals surface area contributed by atoms with Crippen molar-refractivity contribution in [2.75, 3.05) is 18.1 Å². The molecule has 0 radical (unpaired) electrons. The Morgan fingerprint density at radius 3 is 2.48 bits per heavy atom. The van der Waals surface area contributed by atoms with Crippen LogP contribution in [-0.2, 0) is 12.8 Å². The lowest BCUT2D eigenvalue weighted by Gasteiger charge is -2.20. The van der Waals surface area contributed by atoms with Crippen LogP contribution in [-0.4, -0.2) is 24.2 Å². The van der Waals surface area contributed by atoms with Gasteiger partial charge in [0.2, 0.25) is 0 Å². The number of nitrogens with zero attached hydrogens (tertiary/aromatic N) is 1. The van der Waals surface area contributed by atoms with Crippen molar-refractivity contribution in [3.8, 4) is 5.75 Å². The van der Waals surface area contributed by atoms with Gasteiger partial charge < -0.3 is 9.64 Å². The Balaban J connectivity index is 1.31. The third-order valence-electron chi connectivity index (χ3n) is 4.97. The molecule has 1 aliphatic heterocycles. The smallest absolute Gasteiger partial charge is 0.257 e. The predicted octanol–water partition coefficient (Wildman–Crippen LogP) is 4.39. The molecular formula is C24H22N2O2S. The van der Waals surface area contributed by atoms with Gasteiger partial charge in [-0.05, 0) is 60.1 Å². The summed E-state index contributed by atoms with van der Waals surface area (Å²) in [5, 5.41) is 3.27. The van der Waals surface area contributed by atoms with E-state index < -0.39 is 0 Å². The first-order valence-electron chi connectivity index (χ1n) is 9.68. The number of amides is 1. The lowest BCUT2D eigenvalue weighted by Crippen LogP contribution is -2.41. The number of thiocarbonyl (C=S) groups is 1. The van der Waals surface area contributed by atoms with Crippen molar-refractivity contribution in [3.05, 3.63) is 95.6 Å². The number of rotatable bonds is 5. The second-order valence-corrected chi connectivity index (χ2v) is 7.28. The van der Waals surface area contributed by atoms with Gasteiger partial charge in [0.05, 0.1) is 6.61 Å². The number of hydrogen-bond acceptors (Lipinski definition) is 3. The van der Waals surface area contributed by atoms with Crippen molar-refractivity contribution in [3.63, 3.8) is 0 Å². The number of para-hydroxylation sites is 1. The molecule has 29 heavy (non-hydrogen) atoms. The molecule has 1 amide bonds.